The summed E-state index contributed by atoms with van der Waals surface area (Å²) in [5.41, 5.74) is 4.56. The number of carbonyl (C=O) groups excluding carboxylic acids is 13. The second kappa shape index (κ2) is 37.7. The summed E-state index contributed by atoms with van der Waals surface area (Å²) >= 11 is 5.45. The summed E-state index contributed by atoms with van der Waals surface area (Å²) in [5, 5.41) is 196. The van der Waals surface area contributed by atoms with Crippen molar-refractivity contribution in [2.24, 2.45) is 70.3 Å². The van der Waals surface area contributed by atoms with E-state index in [-0.39, 0.29) is 56.2 Å². The highest BCUT2D eigenvalue weighted by molar-refractivity contribution is 8.00. The monoisotopic (exact) mass is 2100 g/mol. The molecule has 1 aliphatic heterocycles. The van der Waals surface area contributed by atoms with Crippen molar-refractivity contribution in [1.29, 1.82) is 0 Å². The molecule has 0 radical (unpaired) electrons. The molecular formula is C99H108ClF5N8O33S. The normalized spacial score (nSPS) is 32.5. The Labute approximate surface area is 841 Å². The summed E-state index contributed by atoms with van der Waals surface area (Å²) < 4.78 is 78.6. The van der Waals surface area contributed by atoms with Crippen LogP contribution in [0.4, 0.5) is 22.0 Å². The Bertz CT molecular complexity index is 6760. The van der Waals surface area contributed by atoms with Gasteiger partial charge in [-0.3, -0.25) is 81.9 Å². The Morgan fingerprint density at radius 3 is 1.18 bits per heavy atom. The summed E-state index contributed by atoms with van der Waals surface area (Å²) in [7, 11) is 11.3. The standard InChI is InChI=1S/C27H32N2O8.C26H30N2O9.C24H23F5N2O8S.C22H23ClN2O8/c1-10-11-6-7-12-22(37-9-8-26(12,2)3)14(11)19(30)15-13(10)20(31)17-18(29(4)5)21(32)16(25(28)35)24(34)27(17,36)23(15)33;1-5-7-13(30)37-22-14-10(2)11-8-6-9-12(29)15(11)20(31)16(14)23(33)26(36)18(22)19(28(3)4)21(32)17(24(26)34)25(27)35;1-31(2)15-14-17(34)11-8(6-40-24(28,29)23(25,26)27)7-4-3-5-9(32)10(7)16(33)12(11)19(36)22(14,39)20(37)13(18(15)35)21(30)38;1-6-9-7(23)4-5-8(26)11(9)16(27)12-10(6)17(28)14-15(25(2)3)18(29)13(21(24)32)20(31)22(14,33)19(12)30/h6-7,10,13,17-18,20,30-31,34,36H,8-9H2,1-5H3,(H2,28,35);6,8-10,14,18-19,22,29,31,34,36H,5,7H2,1-4H3,(H2,27,35);3-5,8,11,14-15,17,32-34,37,39H,6H2,1-2H3,(H2,30,38);4-6,10,14-15,17,26-28,31,33H,1-3H3,(H2,24,32)/t10-,13+,17+,18-,20-,27-;10-,14+,18+,19-,22-,26-;8-,11+,14+,15-,17-,22-;6-,10+,14+,15-,17-,22-/m0000/s1. The number of fused-ring (bicyclic) bond motifs is 14. The van der Waals surface area contributed by atoms with Crippen molar-refractivity contribution in [3.8, 4) is 23.0 Å². The van der Waals surface area contributed by atoms with Crippen molar-refractivity contribution in [3.63, 3.8) is 0 Å². The highest BCUT2D eigenvalue weighted by Gasteiger charge is 2.75. The van der Waals surface area contributed by atoms with Gasteiger partial charge in [0.1, 0.15) is 97.5 Å². The van der Waals surface area contributed by atoms with Crippen LogP contribution in [0.5, 0.6) is 23.0 Å². The van der Waals surface area contributed by atoms with Crippen LogP contribution in [-0.4, -0.2) is 339 Å². The summed E-state index contributed by atoms with van der Waals surface area (Å²) in [5.74, 6) is -40.7. The van der Waals surface area contributed by atoms with E-state index in [1.54, 1.807) is 39.8 Å². The molecule has 4 aromatic carbocycles. The Morgan fingerprint density at radius 1 is 0.456 bits per heavy atom. The minimum Gasteiger partial charge on any atom is -0.508 e. The quantitative estimate of drug-likeness (QED) is 0.0489. The number of esters is 1. The first-order valence-corrected chi connectivity index (χ1v) is 47.3. The average molecular weight is 2100 g/mol. The first-order chi connectivity index (χ1) is 68.1. The van der Waals surface area contributed by atoms with Crippen molar-refractivity contribution in [3.05, 3.63) is 183 Å². The minimum atomic E-state index is -5.97. The molecule has 24 atom stereocenters. The lowest BCUT2D eigenvalue weighted by Gasteiger charge is -2.54. The first kappa shape index (κ1) is 110. The molecule has 4 fully saturated rings. The van der Waals surface area contributed by atoms with E-state index >= 15 is 0 Å². The van der Waals surface area contributed by atoms with Crippen molar-refractivity contribution in [2.45, 2.75) is 172 Å². The molecule has 0 bridgehead atoms. The van der Waals surface area contributed by atoms with Crippen LogP contribution in [0.3, 0.4) is 0 Å². The van der Waals surface area contributed by atoms with Gasteiger partial charge in [-0.15, -0.1) is 0 Å². The van der Waals surface area contributed by atoms with Gasteiger partial charge in [-0.1, -0.05) is 101 Å². The molecule has 4 aromatic rings. The number of benzene rings is 4. The Morgan fingerprint density at radius 2 is 0.789 bits per heavy atom. The van der Waals surface area contributed by atoms with E-state index < -0.39 is 343 Å². The maximum atomic E-state index is 14.1. The lowest BCUT2D eigenvalue weighted by molar-refractivity contribution is -0.237. The van der Waals surface area contributed by atoms with E-state index in [4.69, 9.17) is 44.0 Å². The van der Waals surface area contributed by atoms with Crippen LogP contribution in [-0.2, 0) is 72.5 Å². The second-order valence-corrected chi connectivity index (χ2v) is 41.8. The number of hydrogen-bond acceptors (Lipinski definition) is 38. The third-order valence-corrected chi connectivity index (χ3v) is 32.6. The number of ketones is 8. The van der Waals surface area contributed by atoms with Gasteiger partial charge in [-0.05, 0) is 139 Å². The Balaban J connectivity index is 0.000000155. The molecule has 790 valence electrons. The fourth-order valence-corrected chi connectivity index (χ4v) is 25.7. The van der Waals surface area contributed by atoms with Gasteiger partial charge in [-0.25, -0.2) is 0 Å². The van der Waals surface area contributed by atoms with Gasteiger partial charge >= 0.3 is 17.4 Å². The number of halogens is 6. The molecule has 13 aliphatic rings. The molecule has 12 aliphatic carbocycles. The first-order valence-electron chi connectivity index (χ1n) is 45.9. The number of thioether (sulfide) groups is 1. The van der Waals surface area contributed by atoms with Crippen LogP contribution in [0.25, 0.3) is 23.0 Å². The van der Waals surface area contributed by atoms with Gasteiger partial charge in [-0.2, -0.15) is 22.0 Å². The molecule has 26 N–H and O–H groups in total. The highest BCUT2D eigenvalue weighted by atomic mass is 35.5. The average Bonchev–Trinajstić information content (AvgIpc) is 0.693. The zero-order valence-corrected chi connectivity index (χ0v) is 82.4. The Hall–Kier alpha value is -13.0. The van der Waals surface area contributed by atoms with Crippen molar-refractivity contribution in [2.75, 3.05) is 68.7 Å². The number of primary amides is 4. The fourth-order valence-electron chi connectivity index (χ4n) is 24.4. The molecule has 0 saturated heterocycles. The van der Waals surface area contributed by atoms with Gasteiger partial charge in [0.15, 0.2) is 45.5 Å². The molecule has 0 aromatic heterocycles. The number of likely N-dealkylation sites (N-methyl/N-ethyl adjacent to an activating group) is 4. The molecular weight excluding hydrogens is 1990 g/mol. The number of carbonyl (C=O) groups is 13. The van der Waals surface area contributed by atoms with E-state index in [0.29, 0.717) is 35.5 Å². The number of nitrogens with zero attached hydrogens (tertiary/aromatic N) is 4. The lowest BCUT2D eigenvalue weighted by atomic mass is 9.54. The van der Waals surface area contributed by atoms with Gasteiger partial charge < -0.3 is 124 Å². The predicted molar refractivity (Wildman–Crippen MR) is 504 cm³/mol. The number of aromatic hydroxyl groups is 3. The van der Waals surface area contributed by atoms with E-state index in [0.717, 1.165) is 23.0 Å². The van der Waals surface area contributed by atoms with Crippen LogP contribution in [0, 0.1) is 47.3 Å². The van der Waals surface area contributed by atoms with Crippen LogP contribution in [0.1, 0.15) is 135 Å². The number of hydrogen-bond donors (Lipinski definition) is 22. The van der Waals surface area contributed by atoms with Crippen molar-refractivity contribution >= 4 is 122 Å². The Kier molecular flexibility index (Phi) is 28.1. The van der Waals surface area contributed by atoms with Crippen LogP contribution < -0.4 is 27.7 Å². The van der Waals surface area contributed by atoms with Gasteiger partial charge in [0.25, 0.3) is 23.6 Å². The van der Waals surface area contributed by atoms with Gasteiger partial charge in [0.2, 0.25) is 23.1 Å². The molecule has 0 unspecified atom stereocenters. The highest BCUT2D eigenvalue weighted by Crippen LogP contribution is 2.65. The molecule has 48 heteroatoms. The summed E-state index contributed by atoms with van der Waals surface area (Å²) in [6, 6.07) is 8.44. The van der Waals surface area contributed by atoms with Gasteiger partial charge in [0, 0.05) is 74.6 Å². The van der Waals surface area contributed by atoms with Crippen LogP contribution in [0.2, 0.25) is 5.02 Å². The summed E-state index contributed by atoms with van der Waals surface area (Å²) in [6.45, 7) is 11.4. The zero-order valence-electron chi connectivity index (χ0n) is 80.8. The van der Waals surface area contributed by atoms with E-state index in [1.807, 2.05) is 12.1 Å². The third kappa shape index (κ3) is 15.8. The second-order valence-electron chi connectivity index (χ2n) is 40.3. The van der Waals surface area contributed by atoms with E-state index in [1.165, 1.54) is 101 Å². The van der Waals surface area contributed by atoms with Gasteiger partial charge in [0.05, 0.1) is 95.0 Å². The minimum absolute atomic E-state index is 0.00592. The molecule has 1 heterocycles. The number of rotatable bonds is 14. The van der Waals surface area contributed by atoms with Crippen LogP contribution in [0.15, 0.2) is 128 Å². The lowest BCUT2D eigenvalue weighted by Crippen LogP contribution is -2.71. The number of nitrogens with two attached hydrogens (primary N) is 4. The molecule has 41 nitrogen and oxygen atoms in total. The largest absolute Gasteiger partial charge is 0.508 e. The van der Waals surface area contributed by atoms with E-state index in [2.05, 4.69) is 13.8 Å². The molecule has 4 amide bonds. The topological polar surface area (TPSA) is 722 Å². The number of Topliss-reactive ketones (excluding diaryl/α,β-unsaturated/α-hetero) is 8. The number of aliphatic hydroxyl groups is 15. The van der Waals surface area contributed by atoms with Crippen molar-refractivity contribution < 1.29 is 186 Å². The third-order valence-electron chi connectivity index (χ3n) is 31.1. The van der Waals surface area contributed by atoms with Crippen LogP contribution >= 0.6 is 23.4 Å². The predicted octanol–water partition coefficient (Wildman–Crippen LogP) is 3.21. The molecule has 0 spiro atoms. The smallest absolute Gasteiger partial charge is 0.464 e. The number of amides is 4. The molecule has 17 rings (SSSR count). The number of alkyl halides is 5. The zero-order chi connectivity index (χ0) is 110. The summed E-state index contributed by atoms with van der Waals surface area (Å²) in [4.78, 5) is 175. The number of phenolic OH excluding ortho intramolecular Hbond substituents is 3. The number of ether oxygens (including phenoxy) is 2. The fraction of sp³-hybridized carbons (Fsp3) is 0.465. The SMILES string of the molecule is CCCC(=O)O[C@H]1[C@H]2C(=C(O)c3c(O)cccc3[C@@H]2C)C(=O)[C@]2(O)C(O)=C(C(N)=O)C(=O)[C@@H](N(C)C)[C@H]12.CN(C)[C@@H]1C(=O)C(C(N)=O)=C(O)[C@@]2(O)C(=O)C3=C(O)c4c(O)cccc4[C@H](CSC(F)(F)C(F)(F)F)[C@H]3[C@H](O)[C@@H]12.C[C@H]1c2c(Cl)ccc(O)c2C(O)=C2C(=O)[C@]3(O)C(O)=C(C(N)=O)C(=O)[C@@H](N(C)C)[C@@H]3[C@@H](O)[C@@H]21.C[C@H]1c2ccc3c(c2C(O)=C2C(=O)[C@]4(O)C(O)=C(C(N)=O)C(=O)[C@@H](N(C)C)[C@@H]4[C@@H](O)[C@@H]21)OCCC3(C)C. The number of aliphatic hydroxyl groups excluding tert-OH is 11. The summed E-state index contributed by atoms with van der Waals surface area (Å²) in [6.07, 6.45) is -11.6. The molecule has 147 heavy (non-hydrogen) atoms. The van der Waals surface area contributed by atoms with E-state index in [9.17, 15) is 176 Å². The van der Waals surface area contributed by atoms with Crippen molar-refractivity contribution in [1.82, 2.24) is 19.6 Å². The maximum Gasteiger partial charge on any atom is 0.464 e. The number of phenols is 3. The molecule has 4 saturated carbocycles. The maximum absolute atomic E-state index is 14.1.